The standard InChI is InChI=1S/C11H23N3O.C6H12/c1-4-5-6-13-11(15)10(7-12)8-14-9(2)3;1-2-4-6-5-3-1/h4-5,9-10,14H,6-8,12H2,1-3H3,(H,13,15);1-6H2/b5-4+;. The Morgan fingerprint density at radius 2 is 1.67 bits per heavy atom. The summed E-state index contributed by atoms with van der Waals surface area (Å²) in [6.45, 7) is 7.61. The summed E-state index contributed by atoms with van der Waals surface area (Å²) in [6, 6.07) is 0.377. The summed E-state index contributed by atoms with van der Waals surface area (Å²) in [6.07, 6.45) is 12.8. The average molecular weight is 297 g/mol. The largest absolute Gasteiger partial charge is 0.352 e. The first-order chi connectivity index (χ1) is 10.1. The quantitative estimate of drug-likeness (QED) is 0.633. The van der Waals surface area contributed by atoms with Crippen molar-refractivity contribution in [3.63, 3.8) is 0 Å². The van der Waals surface area contributed by atoms with Crippen LogP contribution in [0, 0.1) is 5.92 Å². The van der Waals surface area contributed by atoms with Gasteiger partial charge in [0.25, 0.3) is 0 Å². The molecule has 1 rings (SSSR count). The summed E-state index contributed by atoms with van der Waals surface area (Å²) >= 11 is 0. The van der Waals surface area contributed by atoms with Gasteiger partial charge in [0.05, 0.1) is 5.92 Å². The highest BCUT2D eigenvalue weighted by atomic mass is 16.1. The third-order valence-electron chi connectivity index (χ3n) is 3.56. The van der Waals surface area contributed by atoms with Crippen LogP contribution >= 0.6 is 0 Å². The molecule has 1 fully saturated rings. The van der Waals surface area contributed by atoms with Gasteiger partial charge in [0.15, 0.2) is 0 Å². The van der Waals surface area contributed by atoms with Crippen LogP contribution in [0.2, 0.25) is 0 Å². The topological polar surface area (TPSA) is 67.2 Å². The van der Waals surface area contributed by atoms with E-state index in [1.165, 1.54) is 38.5 Å². The van der Waals surface area contributed by atoms with Crippen LogP contribution in [0.3, 0.4) is 0 Å². The van der Waals surface area contributed by atoms with Crippen molar-refractivity contribution in [2.75, 3.05) is 19.6 Å². The molecule has 124 valence electrons. The first-order valence-electron chi connectivity index (χ1n) is 8.44. The van der Waals surface area contributed by atoms with Crippen molar-refractivity contribution in [2.24, 2.45) is 11.7 Å². The normalized spacial score (nSPS) is 16.4. The van der Waals surface area contributed by atoms with Gasteiger partial charge in [0.2, 0.25) is 5.91 Å². The SMILES string of the molecule is C/C=C/CNC(=O)C(CN)CNC(C)C.C1CCCCC1. The number of carbonyl (C=O) groups excluding carboxylic acids is 1. The molecule has 4 nitrogen and oxygen atoms in total. The average Bonchev–Trinajstić information content (AvgIpc) is 2.50. The Kier molecular flexibility index (Phi) is 13.5. The highest BCUT2D eigenvalue weighted by Gasteiger charge is 2.15. The lowest BCUT2D eigenvalue weighted by atomic mass is 10.0. The highest BCUT2D eigenvalue weighted by molar-refractivity contribution is 5.79. The summed E-state index contributed by atoms with van der Waals surface area (Å²) in [5.41, 5.74) is 5.55. The molecule has 1 aliphatic carbocycles. The van der Waals surface area contributed by atoms with E-state index in [0.717, 1.165) is 0 Å². The minimum Gasteiger partial charge on any atom is -0.352 e. The minimum atomic E-state index is -0.141. The van der Waals surface area contributed by atoms with E-state index in [0.29, 0.717) is 25.7 Å². The molecule has 1 atom stereocenters. The van der Waals surface area contributed by atoms with Crippen molar-refractivity contribution in [1.29, 1.82) is 0 Å². The lowest BCUT2D eigenvalue weighted by molar-refractivity contribution is -0.124. The van der Waals surface area contributed by atoms with Crippen molar-refractivity contribution >= 4 is 5.91 Å². The highest BCUT2D eigenvalue weighted by Crippen LogP contribution is 2.15. The van der Waals surface area contributed by atoms with E-state index < -0.39 is 0 Å². The van der Waals surface area contributed by atoms with Crippen LogP contribution in [-0.2, 0) is 4.79 Å². The molecule has 0 aromatic carbocycles. The monoisotopic (exact) mass is 297 g/mol. The molecule has 0 saturated heterocycles. The summed E-state index contributed by atoms with van der Waals surface area (Å²) < 4.78 is 0. The molecule has 1 unspecified atom stereocenters. The second kappa shape index (κ2) is 14.1. The third-order valence-corrected chi connectivity index (χ3v) is 3.56. The number of rotatable bonds is 7. The lowest BCUT2D eigenvalue weighted by Gasteiger charge is -2.16. The van der Waals surface area contributed by atoms with Gasteiger partial charge < -0.3 is 16.4 Å². The Morgan fingerprint density at radius 1 is 1.14 bits per heavy atom. The van der Waals surface area contributed by atoms with E-state index in [1.807, 2.05) is 32.9 Å². The number of amides is 1. The van der Waals surface area contributed by atoms with Gasteiger partial charge in [-0.3, -0.25) is 4.79 Å². The Hall–Kier alpha value is -0.870. The maximum atomic E-state index is 11.6. The van der Waals surface area contributed by atoms with Crippen LogP contribution < -0.4 is 16.4 Å². The number of hydrogen-bond acceptors (Lipinski definition) is 3. The Morgan fingerprint density at radius 3 is 2.05 bits per heavy atom. The van der Waals surface area contributed by atoms with Crippen molar-refractivity contribution in [3.05, 3.63) is 12.2 Å². The van der Waals surface area contributed by atoms with Gasteiger partial charge in [0, 0.05) is 25.7 Å². The Balaban J connectivity index is 0.000000547. The predicted molar refractivity (Wildman–Crippen MR) is 91.2 cm³/mol. The molecule has 1 amide bonds. The third kappa shape index (κ3) is 12.6. The maximum absolute atomic E-state index is 11.6. The molecule has 0 aromatic heterocycles. The minimum absolute atomic E-state index is 0.0174. The van der Waals surface area contributed by atoms with Gasteiger partial charge in [0.1, 0.15) is 0 Å². The van der Waals surface area contributed by atoms with Gasteiger partial charge in [-0.05, 0) is 6.92 Å². The van der Waals surface area contributed by atoms with Crippen molar-refractivity contribution < 1.29 is 4.79 Å². The molecular formula is C17H35N3O. The molecule has 1 aliphatic rings. The fourth-order valence-electron chi connectivity index (χ4n) is 2.14. The second-order valence-corrected chi connectivity index (χ2v) is 5.93. The van der Waals surface area contributed by atoms with Gasteiger partial charge in [-0.2, -0.15) is 0 Å². The van der Waals surface area contributed by atoms with Gasteiger partial charge in [-0.25, -0.2) is 0 Å². The zero-order valence-electron chi connectivity index (χ0n) is 14.2. The van der Waals surface area contributed by atoms with E-state index >= 15 is 0 Å². The molecule has 0 spiro atoms. The van der Waals surface area contributed by atoms with Crippen LogP contribution in [0.25, 0.3) is 0 Å². The van der Waals surface area contributed by atoms with E-state index in [1.54, 1.807) is 0 Å². The Labute approximate surface area is 130 Å². The molecular weight excluding hydrogens is 262 g/mol. The van der Waals surface area contributed by atoms with E-state index in [2.05, 4.69) is 10.6 Å². The van der Waals surface area contributed by atoms with Gasteiger partial charge >= 0.3 is 0 Å². The molecule has 0 bridgehead atoms. The molecule has 0 heterocycles. The molecule has 4 N–H and O–H groups in total. The van der Waals surface area contributed by atoms with Gasteiger partial charge in [-0.15, -0.1) is 0 Å². The molecule has 4 heteroatoms. The number of nitrogens with two attached hydrogens (primary N) is 1. The molecule has 0 aliphatic heterocycles. The zero-order valence-corrected chi connectivity index (χ0v) is 14.2. The first kappa shape index (κ1) is 20.1. The first-order valence-corrected chi connectivity index (χ1v) is 8.44. The number of allylic oxidation sites excluding steroid dienone is 1. The number of carbonyl (C=O) groups is 1. The predicted octanol–water partition coefficient (Wildman–Crippen LogP) is 2.59. The fourth-order valence-corrected chi connectivity index (χ4v) is 2.14. The zero-order chi connectivity index (χ0) is 15.9. The van der Waals surface area contributed by atoms with Crippen LogP contribution in [0.4, 0.5) is 0 Å². The molecule has 0 aromatic rings. The molecule has 1 saturated carbocycles. The summed E-state index contributed by atoms with van der Waals surface area (Å²) in [7, 11) is 0. The van der Waals surface area contributed by atoms with Crippen LogP contribution in [0.1, 0.15) is 59.3 Å². The van der Waals surface area contributed by atoms with E-state index in [-0.39, 0.29) is 11.8 Å². The lowest BCUT2D eigenvalue weighted by Crippen LogP contribution is -2.42. The maximum Gasteiger partial charge on any atom is 0.225 e. The summed E-state index contributed by atoms with van der Waals surface area (Å²) in [4.78, 5) is 11.6. The fraction of sp³-hybridized carbons (Fsp3) is 0.824. The van der Waals surface area contributed by atoms with Gasteiger partial charge in [-0.1, -0.05) is 64.5 Å². The van der Waals surface area contributed by atoms with E-state index in [4.69, 9.17) is 5.73 Å². The number of hydrogen-bond donors (Lipinski definition) is 3. The molecule has 21 heavy (non-hydrogen) atoms. The van der Waals surface area contributed by atoms with Crippen LogP contribution in [0.15, 0.2) is 12.2 Å². The summed E-state index contributed by atoms with van der Waals surface area (Å²) in [5.74, 6) is -0.124. The Bertz CT molecular complexity index is 262. The van der Waals surface area contributed by atoms with E-state index in [9.17, 15) is 4.79 Å². The van der Waals surface area contributed by atoms with Crippen molar-refractivity contribution in [1.82, 2.24) is 10.6 Å². The van der Waals surface area contributed by atoms with Crippen LogP contribution in [-0.4, -0.2) is 31.6 Å². The van der Waals surface area contributed by atoms with Crippen LogP contribution in [0.5, 0.6) is 0 Å². The summed E-state index contributed by atoms with van der Waals surface area (Å²) in [5, 5.41) is 6.02. The smallest absolute Gasteiger partial charge is 0.225 e. The van der Waals surface area contributed by atoms with Crippen molar-refractivity contribution in [2.45, 2.75) is 65.3 Å². The van der Waals surface area contributed by atoms with Crippen molar-refractivity contribution in [3.8, 4) is 0 Å². The second-order valence-electron chi connectivity index (χ2n) is 5.93. The molecule has 0 radical (unpaired) electrons. The number of nitrogens with one attached hydrogen (secondary N) is 2.